The van der Waals surface area contributed by atoms with Crippen molar-refractivity contribution in [1.29, 1.82) is 0 Å². The van der Waals surface area contributed by atoms with Gasteiger partial charge in [0, 0.05) is 29.5 Å². The second-order valence-electron chi connectivity index (χ2n) is 7.06. The van der Waals surface area contributed by atoms with Gasteiger partial charge in [0.15, 0.2) is 0 Å². The molecule has 0 saturated carbocycles. The largest absolute Gasteiger partial charge is 0.456 e. The van der Waals surface area contributed by atoms with Crippen LogP contribution < -0.4 is 5.32 Å². The van der Waals surface area contributed by atoms with E-state index in [0.717, 1.165) is 23.6 Å². The second kappa shape index (κ2) is 8.03. The van der Waals surface area contributed by atoms with Crippen LogP contribution in [0.2, 0.25) is 0 Å². The van der Waals surface area contributed by atoms with E-state index in [2.05, 4.69) is 107 Å². The van der Waals surface area contributed by atoms with Gasteiger partial charge in [-0.3, -0.25) is 0 Å². The summed E-state index contributed by atoms with van der Waals surface area (Å²) in [5, 5.41) is 2.42. The molecule has 2 rings (SSSR count). The Kier molecular flexibility index (Phi) is 7.03. The third-order valence-electron chi connectivity index (χ3n) is 4.52. The van der Waals surface area contributed by atoms with E-state index >= 15 is 0 Å². The number of piperidine rings is 1. The molecule has 128 valence electrons. The van der Waals surface area contributed by atoms with Crippen molar-refractivity contribution >= 4 is 73.7 Å². The minimum Gasteiger partial charge on any atom is -0.456 e. The number of nitrogens with two attached hydrogens (primary N) is 1. The molecule has 0 radical (unpaired) electrons. The third kappa shape index (κ3) is 5.16. The second-order valence-corrected chi connectivity index (χ2v) is 10.5. The summed E-state index contributed by atoms with van der Waals surface area (Å²) in [7, 11) is 0. The Bertz CT molecular complexity index is 594. The van der Waals surface area contributed by atoms with Gasteiger partial charge in [-0.05, 0) is 108 Å². The van der Waals surface area contributed by atoms with Gasteiger partial charge in [-0.15, -0.1) is 0 Å². The number of halogens is 3. The molecule has 6 heteroatoms. The average Bonchev–Trinajstić information content (AvgIpc) is 2.41. The first-order valence-corrected chi connectivity index (χ1v) is 11.1. The lowest BCUT2D eigenvalue weighted by Gasteiger charge is -2.39. The van der Waals surface area contributed by atoms with Crippen molar-refractivity contribution in [1.82, 2.24) is 0 Å². The maximum Gasteiger partial charge on any atom is 0.339 e. The van der Waals surface area contributed by atoms with Gasteiger partial charge in [0.05, 0.1) is 17.6 Å². The van der Waals surface area contributed by atoms with Crippen LogP contribution in [0, 0.1) is 16.6 Å². The van der Waals surface area contributed by atoms with E-state index < -0.39 is 5.60 Å². The van der Waals surface area contributed by atoms with Crippen molar-refractivity contribution in [2.45, 2.75) is 58.2 Å². The fraction of sp³-hybridized carbons (Fsp3) is 0.588. The highest BCUT2D eigenvalue weighted by molar-refractivity contribution is 14.1. The molecule has 1 fully saturated rings. The van der Waals surface area contributed by atoms with Crippen molar-refractivity contribution in [3.05, 3.63) is 28.4 Å². The van der Waals surface area contributed by atoms with Crippen molar-refractivity contribution in [3.8, 4) is 0 Å². The van der Waals surface area contributed by atoms with Gasteiger partial charge in [0.1, 0.15) is 5.60 Å². The molecule has 1 aromatic carbocycles. The molecule has 0 amide bonds. The standard InChI is InChI=1S/C17H22I3NO2/c1-9-5-11(6-10(2)21-9)17(3,4)23-16(22)13-7-12(18)8-14(19)15(13)20/h7-11,21H,5-6H2,1-4H3/p+1. The van der Waals surface area contributed by atoms with Crippen molar-refractivity contribution in [3.63, 3.8) is 0 Å². The molecule has 0 bridgehead atoms. The van der Waals surface area contributed by atoms with Crippen LogP contribution in [0.5, 0.6) is 0 Å². The van der Waals surface area contributed by atoms with Gasteiger partial charge in [-0.25, -0.2) is 4.79 Å². The number of esters is 1. The minimum atomic E-state index is -0.441. The van der Waals surface area contributed by atoms with Gasteiger partial charge < -0.3 is 10.1 Å². The number of rotatable bonds is 3. The lowest BCUT2D eigenvalue weighted by molar-refractivity contribution is -0.727. The van der Waals surface area contributed by atoms with Crippen LogP contribution in [0.1, 0.15) is 50.9 Å². The topological polar surface area (TPSA) is 42.9 Å². The molecule has 1 aliphatic heterocycles. The first kappa shape index (κ1) is 20.2. The molecule has 3 nitrogen and oxygen atoms in total. The predicted octanol–water partition coefficient (Wildman–Crippen LogP) is 4.19. The maximum atomic E-state index is 12.7. The third-order valence-corrected chi connectivity index (χ3v) is 8.19. The normalized spacial score (nSPS) is 25.3. The van der Waals surface area contributed by atoms with Crippen molar-refractivity contribution < 1.29 is 14.8 Å². The average molecular weight is 654 g/mol. The fourth-order valence-electron chi connectivity index (χ4n) is 3.36. The lowest BCUT2D eigenvalue weighted by atomic mass is 9.78. The molecule has 2 unspecified atom stereocenters. The zero-order valence-electron chi connectivity index (χ0n) is 13.8. The molecule has 0 spiro atoms. The molecule has 0 aliphatic carbocycles. The Morgan fingerprint density at radius 2 is 1.74 bits per heavy atom. The van der Waals surface area contributed by atoms with Crippen molar-refractivity contribution in [2.24, 2.45) is 5.92 Å². The molecule has 2 N–H and O–H groups in total. The van der Waals surface area contributed by atoms with E-state index in [4.69, 9.17) is 4.74 Å². The van der Waals surface area contributed by atoms with Crippen LogP contribution in [0.25, 0.3) is 0 Å². The molecule has 1 saturated heterocycles. The fourth-order valence-corrected chi connectivity index (χ4v) is 5.74. The van der Waals surface area contributed by atoms with Gasteiger partial charge in [-0.2, -0.15) is 0 Å². The first-order valence-electron chi connectivity index (χ1n) is 7.83. The molecule has 1 aliphatic rings. The molecule has 23 heavy (non-hydrogen) atoms. The summed E-state index contributed by atoms with van der Waals surface area (Å²) in [4.78, 5) is 12.7. The highest BCUT2D eigenvalue weighted by Crippen LogP contribution is 2.33. The number of carbonyl (C=O) groups is 1. The number of hydrogen-bond acceptors (Lipinski definition) is 2. The Labute approximate surface area is 179 Å². The Morgan fingerprint density at radius 1 is 1.17 bits per heavy atom. The minimum absolute atomic E-state index is 0.203. The number of benzene rings is 1. The monoisotopic (exact) mass is 654 g/mol. The lowest BCUT2D eigenvalue weighted by Crippen LogP contribution is -2.96. The van der Waals surface area contributed by atoms with E-state index in [0.29, 0.717) is 23.6 Å². The summed E-state index contributed by atoms with van der Waals surface area (Å²) < 4.78 is 9.12. The van der Waals surface area contributed by atoms with E-state index in [1.54, 1.807) is 0 Å². The smallest absolute Gasteiger partial charge is 0.339 e. The SMILES string of the molecule is CC1CC(C(C)(C)OC(=O)c2cc(I)cc(I)c2I)CC(C)[NH2+]1. The van der Waals surface area contributed by atoms with E-state index in [-0.39, 0.29) is 5.97 Å². The van der Waals surface area contributed by atoms with E-state index in [9.17, 15) is 4.79 Å². The molecular formula is C17H23I3NO2+. The molecular weight excluding hydrogens is 631 g/mol. The van der Waals surface area contributed by atoms with Gasteiger partial charge in [0.2, 0.25) is 0 Å². The Morgan fingerprint density at radius 3 is 2.30 bits per heavy atom. The van der Waals surface area contributed by atoms with Gasteiger partial charge in [0.25, 0.3) is 0 Å². The van der Waals surface area contributed by atoms with Crippen LogP contribution in [0.3, 0.4) is 0 Å². The summed E-state index contributed by atoms with van der Waals surface area (Å²) >= 11 is 6.75. The molecule has 1 heterocycles. The van der Waals surface area contributed by atoms with Crippen LogP contribution >= 0.6 is 67.8 Å². The maximum absolute atomic E-state index is 12.7. The molecule has 2 atom stereocenters. The molecule has 1 aromatic rings. The van der Waals surface area contributed by atoms with Crippen LogP contribution in [-0.2, 0) is 4.74 Å². The van der Waals surface area contributed by atoms with Crippen LogP contribution in [0.15, 0.2) is 12.1 Å². The highest BCUT2D eigenvalue weighted by Gasteiger charge is 2.40. The zero-order valence-corrected chi connectivity index (χ0v) is 20.3. The highest BCUT2D eigenvalue weighted by atomic mass is 127. The van der Waals surface area contributed by atoms with Gasteiger partial charge in [-0.1, -0.05) is 0 Å². The van der Waals surface area contributed by atoms with Crippen LogP contribution in [-0.4, -0.2) is 23.7 Å². The predicted molar refractivity (Wildman–Crippen MR) is 118 cm³/mol. The number of ether oxygens (including phenoxy) is 1. The summed E-state index contributed by atoms with van der Waals surface area (Å²) in [6.45, 7) is 8.63. The summed E-state index contributed by atoms with van der Waals surface area (Å²) in [5.74, 6) is 0.201. The van der Waals surface area contributed by atoms with Crippen molar-refractivity contribution in [2.75, 3.05) is 0 Å². The number of carbonyl (C=O) groups excluding carboxylic acids is 1. The summed E-state index contributed by atoms with van der Waals surface area (Å²) in [6, 6.07) is 5.16. The number of quaternary nitrogens is 1. The quantitative estimate of drug-likeness (QED) is 0.302. The first-order chi connectivity index (χ1) is 10.6. The Hall–Kier alpha value is 0.840. The van der Waals surface area contributed by atoms with E-state index in [1.165, 1.54) is 0 Å². The number of hydrogen-bond donors (Lipinski definition) is 1. The van der Waals surface area contributed by atoms with Gasteiger partial charge >= 0.3 is 5.97 Å². The summed E-state index contributed by atoms with van der Waals surface area (Å²) in [6.07, 6.45) is 2.18. The van der Waals surface area contributed by atoms with Crippen LogP contribution in [0.4, 0.5) is 0 Å². The zero-order chi connectivity index (χ0) is 17.4. The molecule has 0 aromatic heterocycles. The Balaban J connectivity index is 2.18. The summed E-state index contributed by atoms with van der Waals surface area (Å²) in [5.41, 5.74) is 0.238. The van der Waals surface area contributed by atoms with E-state index in [1.807, 2.05) is 6.07 Å².